The van der Waals surface area contributed by atoms with E-state index in [1.807, 2.05) is 20.8 Å². The molecular weight excluding hydrogens is 272 g/mol. The van der Waals surface area contributed by atoms with Gasteiger partial charge in [0.1, 0.15) is 0 Å². The summed E-state index contributed by atoms with van der Waals surface area (Å²) < 4.78 is 0. The van der Waals surface area contributed by atoms with Gasteiger partial charge < -0.3 is 15.3 Å². The van der Waals surface area contributed by atoms with Gasteiger partial charge in [-0.25, -0.2) is 0 Å². The number of hydrogen-bond acceptors (Lipinski definition) is 3. The lowest BCUT2D eigenvalue weighted by molar-refractivity contribution is -0.146. The van der Waals surface area contributed by atoms with Crippen LogP contribution in [-0.2, 0) is 14.4 Å². The molecule has 3 atom stereocenters. The standard InChI is InChI=1S/C15H26N2O4/c1-4-17(5-2)13(18)6-7-16-14(19)11-8-10(3)9-12(11)15(20)21/h10-12H,4-9H2,1-3H3,(H,16,19)(H,20,21). The first kappa shape index (κ1) is 17.5. The molecule has 1 fully saturated rings. The lowest BCUT2D eigenvalue weighted by atomic mass is 9.95. The summed E-state index contributed by atoms with van der Waals surface area (Å²) in [5.74, 6) is -1.95. The monoisotopic (exact) mass is 298 g/mol. The molecule has 2 N–H and O–H groups in total. The van der Waals surface area contributed by atoms with Crippen LogP contribution in [0.5, 0.6) is 0 Å². The van der Waals surface area contributed by atoms with Crippen LogP contribution in [0.3, 0.4) is 0 Å². The van der Waals surface area contributed by atoms with Crippen LogP contribution in [0.2, 0.25) is 0 Å². The molecule has 2 amide bonds. The average molecular weight is 298 g/mol. The molecule has 3 unspecified atom stereocenters. The van der Waals surface area contributed by atoms with Gasteiger partial charge in [0, 0.05) is 26.1 Å². The van der Waals surface area contributed by atoms with Crippen molar-refractivity contribution in [2.24, 2.45) is 17.8 Å². The van der Waals surface area contributed by atoms with E-state index in [9.17, 15) is 14.4 Å². The lowest BCUT2D eigenvalue weighted by Crippen LogP contribution is -2.38. The van der Waals surface area contributed by atoms with E-state index < -0.39 is 17.8 Å². The maximum atomic E-state index is 12.1. The Morgan fingerprint density at radius 2 is 1.71 bits per heavy atom. The minimum Gasteiger partial charge on any atom is -0.481 e. The Hall–Kier alpha value is -1.59. The van der Waals surface area contributed by atoms with E-state index in [0.29, 0.717) is 25.9 Å². The Labute approximate surface area is 125 Å². The van der Waals surface area contributed by atoms with Gasteiger partial charge >= 0.3 is 5.97 Å². The van der Waals surface area contributed by atoms with Crippen molar-refractivity contribution in [3.05, 3.63) is 0 Å². The highest BCUT2D eigenvalue weighted by Crippen LogP contribution is 2.36. The smallest absolute Gasteiger partial charge is 0.307 e. The SMILES string of the molecule is CCN(CC)C(=O)CCNC(=O)C1CC(C)CC1C(=O)O. The number of carbonyl (C=O) groups is 3. The van der Waals surface area contributed by atoms with Crippen molar-refractivity contribution >= 4 is 17.8 Å². The van der Waals surface area contributed by atoms with Crippen LogP contribution in [0.15, 0.2) is 0 Å². The normalized spacial score (nSPS) is 24.6. The molecule has 0 bridgehead atoms. The summed E-state index contributed by atoms with van der Waals surface area (Å²) >= 11 is 0. The van der Waals surface area contributed by atoms with Crippen LogP contribution in [0.1, 0.15) is 40.0 Å². The highest BCUT2D eigenvalue weighted by atomic mass is 16.4. The fourth-order valence-electron chi connectivity index (χ4n) is 3.01. The molecule has 0 saturated heterocycles. The number of carboxylic acids is 1. The third kappa shape index (κ3) is 4.72. The van der Waals surface area contributed by atoms with Crippen molar-refractivity contribution in [3.8, 4) is 0 Å². The minimum atomic E-state index is -0.904. The summed E-state index contributed by atoms with van der Waals surface area (Å²) in [7, 11) is 0. The second-order valence-corrected chi connectivity index (χ2v) is 5.73. The first-order valence-corrected chi connectivity index (χ1v) is 7.68. The van der Waals surface area contributed by atoms with Crippen LogP contribution in [0.4, 0.5) is 0 Å². The Kier molecular flexibility index (Phi) is 6.65. The number of rotatable bonds is 7. The molecule has 0 aromatic heterocycles. The van der Waals surface area contributed by atoms with Gasteiger partial charge in [-0.15, -0.1) is 0 Å². The summed E-state index contributed by atoms with van der Waals surface area (Å²) in [5.41, 5.74) is 0. The Morgan fingerprint density at radius 1 is 1.14 bits per heavy atom. The van der Waals surface area contributed by atoms with Crippen molar-refractivity contribution in [1.29, 1.82) is 0 Å². The molecule has 1 aliphatic carbocycles. The highest BCUT2D eigenvalue weighted by Gasteiger charge is 2.40. The van der Waals surface area contributed by atoms with Gasteiger partial charge in [-0.05, 0) is 32.6 Å². The summed E-state index contributed by atoms with van der Waals surface area (Å²) in [5, 5.41) is 11.9. The summed E-state index contributed by atoms with van der Waals surface area (Å²) in [6, 6.07) is 0. The number of nitrogens with zero attached hydrogens (tertiary/aromatic N) is 1. The van der Waals surface area contributed by atoms with Crippen molar-refractivity contribution in [1.82, 2.24) is 10.2 Å². The molecule has 6 nitrogen and oxygen atoms in total. The quantitative estimate of drug-likeness (QED) is 0.737. The molecule has 0 heterocycles. The van der Waals surface area contributed by atoms with E-state index >= 15 is 0 Å². The number of aliphatic carboxylic acids is 1. The van der Waals surface area contributed by atoms with Gasteiger partial charge in [-0.2, -0.15) is 0 Å². The topological polar surface area (TPSA) is 86.7 Å². The van der Waals surface area contributed by atoms with Crippen molar-refractivity contribution in [3.63, 3.8) is 0 Å². The zero-order valence-electron chi connectivity index (χ0n) is 13.1. The van der Waals surface area contributed by atoms with Crippen LogP contribution in [0.25, 0.3) is 0 Å². The fraction of sp³-hybridized carbons (Fsp3) is 0.800. The first-order chi connectivity index (χ1) is 9.90. The van der Waals surface area contributed by atoms with Gasteiger partial charge in [-0.3, -0.25) is 14.4 Å². The van der Waals surface area contributed by atoms with Gasteiger partial charge in [-0.1, -0.05) is 6.92 Å². The van der Waals surface area contributed by atoms with Gasteiger partial charge in [0.2, 0.25) is 11.8 Å². The molecule has 1 aliphatic rings. The van der Waals surface area contributed by atoms with Gasteiger partial charge in [0.05, 0.1) is 11.8 Å². The lowest BCUT2D eigenvalue weighted by Gasteiger charge is -2.19. The second-order valence-electron chi connectivity index (χ2n) is 5.73. The largest absolute Gasteiger partial charge is 0.481 e. The second kappa shape index (κ2) is 8.00. The Bertz CT molecular complexity index is 393. The molecule has 0 aromatic carbocycles. The Balaban J connectivity index is 2.43. The molecule has 0 aliphatic heterocycles. The third-order valence-corrected chi connectivity index (χ3v) is 4.21. The van der Waals surface area contributed by atoms with E-state index in [2.05, 4.69) is 5.32 Å². The van der Waals surface area contributed by atoms with Crippen LogP contribution in [0, 0.1) is 17.8 Å². The summed E-state index contributed by atoms with van der Waals surface area (Å²) in [4.78, 5) is 36.8. The zero-order chi connectivity index (χ0) is 16.0. The summed E-state index contributed by atoms with van der Waals surface area (Å²) in [6.07, 6.45) is 1.41. The molecule has 0 radical (unpaired) electrons. The minimum absolute atomic E-state index is 0.00914. The van der Waals surface area contributed by atoms with E-state index in [1.54, 1.807) is 4.90 Å². The molecule has 120 valence electrons. The van der Waals surface area contributed by atoms with E-state index in [-0.39, 0.29) is 30.7 Å². The van der Waals surface area contributed by atoms with Crippen molar-refractivity contribution in [2.75, 3.05) is 19.6 Å². The molecule has 0 aromatic rings. The molecule has 21 heavy (non-hydrogen) atoms. The van der Waals surface area contributed by atoms with Gasteiger partial charge in [0.15, 0.2) is 0 Å². The maximum absolute atomic E-state index is 12.1. The fourth-order valence-corrected chi connectivity index (χ4v) is 3.01. The maximum Gasteiger partial charge on any atom is 0.307 e. The number of carboxylic acid groups (broad SMARTS) is 1. The van der Waals surface area contributed by atoms with Crippen LogP contribution >= 0.6 is 0 Å². The summed E-state index contributed by atoms with van der Waals surface area (Å²) in [6.45, 7) is 7.38. The number of nitrogens with one attached hydrogen (secondary N) is 1. The third-order valence-electron chi connectivity index (χ3n) is 4.21. The zero-order valence-corrected chi connectivity index (χ0v) is 13.1. The van der Waals surface area contributed by atoms with Crippen LogP contribution in [-0.4, -0.2) is 47.4 Å². The van der Waals surface area contributed by atoms with Crippen molar-refractivity contribution < 1.29 is 19.5 Å². The van der Waals surface area contributed by atoms with Crippen molar-refractivity contribution in [2.45, 2.75) is 40.0 Å². The predicted octanol–water partition coefficient (Wildman–Crippen LogP) is 1.11. The molecule has 1 rings (SSSR count). The van der Waals surface area contributed by atoms with Crippen LogP contribution < -0.4 is 5.32 Å². The number of amides is 2. The van der Waals surface area contributed by atoms with E-state index in [4.69, 9.17) is 5.11 Å². The molecular formula is C15H26N2O4. The number of hydrogen-bond donors (Lipinski definition) is 2. The first-order valence-electron chi connectivity index (χ1n) is 7.68. The van der Waals surface area contributed by atoms with Gasteiger partial charge in [0.25, 0.3) is 0 Å². The Morgan fingerprint density at radius 3 is 2.24 bits per heavy atom. The average Bonchev–Trinajstić information content (AvgIpc) is 2.82. The van der Waals surface area contributed by atoms with E-state index in [1.165, 1.54) is 0 Å². The predicted molar refractivity (Wildman–Crippen MR) is 78.6 cm³/mol. The number of carbonyl (C=O) groups excluding carboxylic acids is 2. The molecule has 1 saturated carbocycles. The molecule has 6 heteroatoms. The molecule has 0 spiro atoms. The van der Waals surface area contributed by atoms with E-state index in [0.717, 1.165) is 0 Å². The highest BCUT2D eigenvalue weighted by molar-refractivity contribution is 5.85.